The molecule has 334 valence electrons. The van der Waals surface area contributed by atoms with Crippen LogP contribution in [-0.2, 0) is 32.7 Å². The molecule has 3 atom stereocenters. The molecule has 0 aromatic rings. The van der Waals surface area contributed by atoms with Gasteiger partial charge in [-0.2, -0.15) is 0 Å². The van der Waals surface area contributed by atoms with E-state index in [9.17, 15) is 24.2 Å². The molecule has 0 rings (SSSR count). The second-order valence-electron chi connectivity index (χ2n) is 14.7. The van der Waals surface area contributed by atoms with Gasteiger partial charge < -0.3 is 24.6 Å². The van der Waals surface area contributed by atoms with E-state index in [1.54, 1.807) is 0 Å². The Morgan fingerprint density at radius 3 is 1.45 bits per heavy atom. The van der Waals surface area contributed by atoms with Gasteiger partial charge in [0.05, 0.1) is 19.8 Å². The Morgan fingerprint density at radius 2 is 0.931 bits per heavy atom. The molecular formula is C47H81O10P. The lowest BCUT2D eigenvalue weighted by Gasteiger charge is -2.20. The zero-order valence-electron chi connectivity index (χ0n) is 36.2. The van der Waals surface area contributed by atoms with Crippen LogP contribution in [-0.4, -0.2) is 65.7 Å². The summed E-state index contributed by atoms with van der Waals surface area (Å²) in [6, 6.07) is 0. The van der Waals surface area contributed by atoms with Crippen LogP contribution in [0.15, 0.2) is 72.9 Å². The summed E-state index contributed by atoms with van der Waals surface area (Å²) in [5.41, 5.74) is 0. The van der Waals surface area contributed by atoms with Gasteiger partial charge in [-0.15, -0.1) is 0 Å². The number of rotatable bonds is 41. The van der Waals surface area contributed by atoms with Crippen LogP contribution in [0.1, 0.15) is 174 Å². The van der Waals surface area contributed by atoms with Crippen LogP contribution in [0.4, 0.5) is 0 Å². The van der Waals surface area contributed by atoms with Crippen molar-refractivity contribution >= 4 is 19.8 Å². The maximum Gasteiger partial charge on any atom is 0.472 e. The van der Waals surface area contributed by atoms with E-state index in [0.29, 0.717) is 19.3 Å². The monoisotopic (exact) mass is 837 g/mol. The van der Waals surface area contributed by atoms with Crippen LogP contribution >= 0.6 is 7.82 Å². The molecule has 0 aliphatic rings. The first-order valence-electron chi connectivity index (χ1n) is 22.4. The lowest BCUT2D eigenvalue weighted by molar-refractivity contribution is -0.161. The first kappa shape index (κ1) is 55.4. The number of esters is 2. The standard InChI is InChI=1S/C47H81O10P/c1-3-5-7-9-11-13-15-17-19-20-21-22-23-24-25-27-28-30-32-34-36-38-46(50)54-42-45(43-56-58(52,53)55-41-44(49)40-48)57-47(51)39-37-35-33-31-29-26-18-16-14-12-10-8-6-4-2/h10,12,16,18-20,22-23,25,27,30,32,44-45,48-49H,3-9,11,13-15,17,21,24,26,28-29,31,33-43H2,1-2H3,(H,52,53)/b12-10+,18-16+,20-19+,23-22+,27-25+,32-30+/t44-,45+/m1/s1. The number of aliphatic hydroxyl groups excluding tert-OH is 2. The second kappa shape index (κ2) is 42.5. The largest absolute Gasteiger partial charge is 0.472 e. The molecule has 0 heterocycles. The van der Waals surface area contributed by atoms with Gasteiger partial charge in [0.15, 0.2) is 6.10 Å². The van der Waals surface area contributed by atoms with Crippen molar-refractivity contribution in [3.63, 3.8) is 0 Å². The van der Waals surface area contributed by atoms with Crippen molar-refractivity contribution in [3.05, 3.63) is 72.9 Å². The fraction of sp³-hybridized carbons (Fsp3) is 0.702. The molecule has 0 radical (unpaired) electrons. The fourth-order valence-electron chi connectivity index (χ4n) is 5.59. The van der Waals surface area contributed by atoms with Gasteiger partial charge >= 0.3 is 19.8 Å². The number of carbonyl (C=O) groups is 2. The molecule has 58 heavy (non-hydrogen) atoms. The predicted octanol–water partition coefficient (Wildman–Crippen LogP) is 12.1. The lowest BCUT2D eigenvalue weighted by Crippen LogP contribution is -2.29. The summed E-state index contributed by atoms with van der Waals surface area (Å²) >= 11 is 0. The van der Waals surface area contributed by atoms with Gasteiger partial charge in [-0.25, -0.2) is 4.57 Å². The zero-order valence-corrected chi connectivity index (χ0v) is 37.1. The van der Waals surface area contributed by atoms with Crippen LogP contribution in [0.2, 0.25) is 0 Å². The highest BCUT2D eigenvalue weighted by atomic mass is 31.2. The van der Waals surface area contributed by atoms with E-state index in [2.05, 4.69) is 85.2 Å². The maximum atomic E-state index is 12.6. The highest BCUT2D eigenvalue weighted by molar-refractivity contribution is 7.47. The molecule has 0 aliphatic carbocycles. The van der Waals surface area contributed by atoms with E-state index >= 15 is 0 Å². The van der Waals surface area contributed by atoms with Crippen LogP contribution in [0.25, 0.3) is 0 Å². The van der Waals surface area contributed by atoms with Crippen molar-refractivity contribution in [2.75, 3.05) is 26.4 Å². The smallest absolute Gasteiger partial charge is 0.462 e. The zero-order chi connectivity index (χ0) is 42.6. The van der Waals surface area contributed by atoms with E-state index in [1.165, 1.54) is 64.2 Å². The highest BCUT2D eigenvalue weighted by Crippen LogP contribution is 2.43. The van der Waals surface area contributed by atoms with Gasteiger partial charge in [0, 0.05) is 12.8 Å². The molecule has 0 aliphatic heterocycles. The second-order valence-corrected chi connectivity index (χ2v) is 16.2. The number of aliphatic hydroxyl groups is 2. The molecule has 0 bridgehead atoms. The molecule has 0 saturated heterocycles. The number of hydrogen-bond donors (Lipinski definition) is 3. The predicted molar refractivity (Wildman–Crippen MR) is 237 cm³/mol. The molecule has 0 aromatic carbocycles. The molecule has 11 heteroatoms. The van der Waals surface area contributed by atoms with Crippen molar-refractivity contribution in [3.8, 4) is 0 Å². The van der Waals surface area contributed by atoms with Crippen molar-refractivity contribution in [1.29, 1.82) is 0 Å². The van der Waals surface area contributed by atoms with Crippen LogP contribution in [0, 0.1) is 0 Å². The third-order valence-corrected chi connectivity index (χ3v) is 10.0. The Morgan fingerprint density at radius 1 is 0.517 bits per heavy atom. The molecule has 0 fully saturated rings. The number of phosphoric ester groups is 1. The van der Waals surface area contributed by atoms with E-state index in [4.69, 9.17) is 19.1 Å². The molecule has 3 N–H and O–H groups in total. The minimum atomic E-state index is -4.64. The number of ether oxygens (including phenoxy) is 2. The quantitative estimate of drug-likeness (QED) is 0.0235. The minimum Gasteiger partial charge on any atom is -0.462 e. The third kappa shape index (κ3) is 41.6. The number of phosphoric acid groups is 1. The van der Waals surface area contributed by atoms with Gasteiger partial charge in [0.1, 0.15) is 12.7 Å². The normalized spacial score (nSPS) is 14.5. The van der Waals surface area contributed by atoms with Crippen LogP contribution < -0.4 is 0 Å². The SMILES string of the molecule is CCCC/C=C/C/C=C/CCCCCCCC(=O)O[C@@H](COC(=O)CCC/C=C/C/C=C/C/C=C/C/C=C/CCCCCCCCC)COP(=O)(O)OC[C@H](O)CO. The van der Waals surface area contributed by atoms with Gasteiger partial charge in [-0.3, -0.25) is 18.6 Å². The fourth-order valence-corrected chi connectivity index (χ4v) is 6.38. The van der Waals surface area contributed by atoms with Crippen molar-refractivity contribution in [2.24, 2.45) is 0 Å². The summed E-state index contributed by atoms with van der Waals surface area (Å²) in [6.07, 6.45) is 48.8. The summed E-state index contributed by atoms with van der Waals surface area (Å²) in [4.78, 5) is 35.0. The Bertz CT molecular complexity index is 1190. The Labute approximate surface area is 352 Å². The van der Waals surface area contributed by atoms with Gasteiger partial charge in [-0.05, 0) is 77.0 Å². The van der Waals surface area contributed by atoms with Gasteiger partial charge in [0.2, 0.25) is 0 Å². The molecule has 1 unspecified atom stereocenters. The van der Waals surface area contributed by atoms with Gasteiger partial charge in [0.25, 0.3) is 0 Å². The molecule has 10 nitrogen and oxygen atoms in total. The lowest BCUT2D eigenvalue weighted by atomic mass is 10.1. The number of hydrogen-bond acceptors (Lipinski definition) is 9. The summed E-state index contributed by atoms with van der Waals surface area (Å²) in [5, 5.41) is 18.3. The van der Waals surface area contributed by atoms with E-state index < -0.39 is 51.8 Å². The molecule has 0 saturated carbocycles. The molecule has 0 aromatic heterocycles. The third-order valence-electron chi connectivity index (χ3n) is 9.08. The average Bonchev–Trinajstić information content (AvgIpc) is 3.21. The van der Waals surface area contributed by atoms with E-state index in [-0.39, 0.29) is 19.4 Å². The number of unbranched alkanes of at least 4 members (excludes halogenated alkanes) is 15. The first-order chi connectivity index (χ1) is 28.2. The minimum absolute atomic E-state index is 0.153. The summed E-state index contributed by atoms with van der Waals surface area (Å²) in [5.74, 6) is -1.01. The summed E-state index contributed by atoms with van der Waals surface area (Å²) in [6.45, 7) is 2.25. The Kier molecular flexibility index (Phi) is 40.6. The van der Waals surface area contributed by atoms with Gasteiger partial charge in [-0.1, -0.05) is 157 Å². The topological polar surface area (TPSA) is 149 Å². The summed E-state index contributed by atoms with van der Waals surface area (Å²) in [7, 11) is -4.64. The molecule has 0 spiro atoms. The average molecular weight is 837 g/mol. The van der Waals surface area contributed by atoms with Crippen molar-refractivity contribution in [1.82, 2.24) is 0 Å². The van der Waals surface area contributed by atoms with E-state index in [1.807, 2.05) is 6.08 Å². The van der Waals surface area contributed by atoms with E-state index in [0.717, 1.165) is 64.2 Å². The summed E-state index contributed by atoms with van der Waals surface area (Å²) < 4.78 is 32.6. The van der Waals surface area contributed by atoms with Crippen LogP contribution in [0.3, 0.4) is 0 Å². The van der Waals surface area contributed by atoms with Crippen molar-refractivity contribution < 1.29 is 47.8 Å². The molecular weight excluding hydrogens is 755 g/mol. The number of allylic oxidation sites excluding steroid dienone is 12. The van der Waals surface area contributed by atoms with Crippen LogP contribution in [0.5, 0.6) is 0 Å². The Balaban J connectivity index is 4.39. The first-order valence-corrected chi connectivity index (χ1v) is 23.9. The maximum absolute atomic E-state index is 12.6. The number of carbonyl (C=O) groups excluding carboxylic acids is 2. The Hall–Kier alpha value is -2.59. The molecule has 0 amide bonds. The van der Waals surface area contributed by atoms with Crippen molar-refractivity contribution in [2.45, 2.75) is 187 Å². The highest BCUT2D eigenvalue weighted by Gasteiger charge is 2.27.